The van der Waals surface area contributed by atoms with Gasteiger partial charge in [-0.15, -0.1) is 0 Å². The van der Waals surface area contributed by atoms with Gasteiger partial charge in [-0.2, -0.15) is 0 Å². The SMILES string of the molecule is COC(=O)C(C)(COc1ccccc1)NCC(=O)Nc1c(Cl)cc(Cl)cc1Cl. The van der Waals surface area contributed by atoms with Gasteiger partial charge in [-0.05, 0) is 31.2 Å². The number of carbonyl (C=O) groups excluding carboxylic acids is 2. The van der Waals surface area contributed by atoms with Gasteiger partial charge in [0.2, 0.25) is 5.91 Å². The lowest BCUT2D eigenvalue weighted by Crippen LogP contribution is -2.56. The maximum atomic E-state index is 12.3. The number of benzene rings is 2. The average Bonchev–Trinajstić information content (AvgIpc) is 2.67. The first-order valence-electron chi connectivity index (χ1n) is 8.21. The third-order valence-electron chi connectivity index (χ3n) is 3.82. The topological polar surface area (TPSA) is 76.7 Å². The van der Waals surface area contributed by atoms with E-state index >= 15 is 0 Å². The maximum absolute atomic E-state index is 12.3. The van der Waals surface area contributed by atoms with Gasteiger partial charge in [-0.3, -0.25) is 10.1 Å². The van der Waals surface area contributed by atoms with Crippen LogP contribution in [-0.2, 0) is 14.3 Å². The summed E-state index contributed by atoms with van der Waals surface area (Å²) < 4.78 is 10.5. The number of rotatable bonds is 8. The van der Waals surface area contributed by atoms with E-state index in [-0.39, 0.29) is 28.9 Å². The quantitative estimate of drug-likeness (QED) is 0.596. The fraction of sp³-hybridized carbons (Fsp3) is 0.263. The molecule has 0 heterocycles. The van der Waals surface area contributed by atoms with E-state index in [4.69, 9.17) is 44.3 Å². The van der Waals surface area contributed by atoms with Crippen LogP contribution in [0.5, 0.6) is 5.75 Å². The summed E-state index contributed by atoms with van der Waals surface area (Å²) in [5.74, 6) is -0.441. The van der Waals surface area contributed by atoms with Crippen molar-refractivity contribution in [2.24, 2.45) is 0 Å². The summed E-state index contributed by atoms with van der Waals surface area (Å²) in [7, 11) is 1.26. The monoisotopic (exact) mass is 444 g/mol. The fourth-order valence-electron chi connectivity index (χ4n) is 2.27. The summed E-state index contributed by atoms with van der Waals surface area (Å²) in [6.45, 7) is 1.33. The van der Waals surface area contributed by atoms with Crippen LogP contribution in [0.3, 0.4) is 0 Å². The number of para-hydroxylation sites is 1. The molecule has 0 spiro atoms. The smallest absolute Gasteiger partial charge is 0.329 e. The summed E-state index contributed by atoms with van der Waals surface area (Å²) in [5.41, 5.74) is -1.02. The van der Waals surface area contributed by atoms with Crippen molar-refractivity contribution in [1.29, 1.82) is 0 Å². The molecule has 1 atom stereocenters. The van der Waals surface area contributed by atoms with Gasteiger partial charge in [0.05, 0.1) is 29.4 Å². The number of halogens is 3. The molecular weight excluding hydrogens is 427 g/mol. The van der Waals surface area contributed by atoms with Crippen LogP contribution in [0.1, 0.15) is 6.92 Å². The number of methoxy groups -OCH3 is 1. The minimum Gasteiger partial charge on any atom is -0.491 e. The fourth-order valence-corrected chi connectivity index (χ4v) is 3.18. The first kappa shape index (κ1) is 22.3. The lowest BCUT2D eigenvalue weighted by molar-refractivity contribution is -0.149. The zero-order valence-corrected chi connectivity index (χ0v) is 17.5. The first-order chi connectivity index (χ1) is 13.2. The van der Waals surface area contributed by atoms with Crippen molar-refractivity contribution in [2.45, 2.75) is 12.5 Å². The highest BCUT2D eigenvalue weighted by molar-refractivity contribution is 6.42. The van der Waals surface area contributed by atoms with Crippen LogP contribution in [0.4, 0.5) is 5.69 Å². The maximum Gasteiger partial charge on any atom is 0.329 e. The molecule has 0 saturated carbocycles. The predicted molar refractivity (Wildman–Crippen MR) is 110 cm³/mol. The van der Waals surface area contributed by atoms with Gasteiger partial charge in [0.25, 0.3) is 0 Å². The van der Waals surface area contributed by atoms with Gasteiger partial charge in [-0.25, -0.2) is 4.79 Å². The summed E-state index contributed by atoms with van der Waals surface area (Å²) in [6, 6.07) is 11.9. The van der Waals surface area contributed by atoms with E-state index in [2.05, 4.69) is 10.6 Å². The molecular formula is C19H19Cl3N2O4. The number of anilines is 1. The van der Waals surface area contributed by atoms with Gasteiger partial charge in [0, 0.05) is 5.02 Å². The van der Waals surface area contributed by atoms with Crippen LogP contribution < -0.4 is 15.4 Å². The Bertz CT molecular complexity index is 825. The van der Waals surface area contributed by atoms with Crippen molar-refractivity contribution >= 4 is 52.4 Å². The van der Waals surface area contributed by atoms with E-state index in [0.717, 1.165) is 0 Å². The second-order valence-corrected chi connectivity index (χ2v) is 7.32. The second-order valence-electron chi connectivity index (χ2n) is 6.07. The summed E-state index contributed by atoms with van der Waals surface area (Å²) in [5, 5.41) is 6.21. The zero-order chi connectivity index (χ0) is 20.7. The van der Waals surface area contributed by atoms with E-state index in [9.17, 15) is 9.59 Å². The highest BCUT2D eigenvalue weighted by Gasteiger charge is 2.35. The minimum absolute atomic E-state index is 0.0422. The largest absolute Gasteiger partial charge is 0.491 e. The van der Waals surface area contributed by atoms with Crippen LogP contribution in [-0.4, -0.2) is 37.7 Å². The van der Waals surface area contributed by atoms with Gasteiger partial charge >= 0.3 is 5.97 Å². The molecule has 2 rings (SSSR count). The molecule has 2 aromatic carbocycles. The Morgan fingerprint density at radius 3 is 2.25 bits per heavy atom. The molecule has 6 nitrogen and oxygen atoms in total. The summed E-state index contributed by atoms with van der Waals surface area (Å²) in [4.78, 5) is 24.5. The predicted octanol–water partition coefficient (Wildman–Crippen LogP) is 4.19. The molecule has 1 amide bonds. The molecule has 0 saturated heterocycles. The van der Waals surface area contributed by atoms with E-state index in [1.54, 1.807) is 19.1 Å². The average molecular weight is 446 g/mol. The van der Waals surface area contributed by atoms with Crippen molar-refractivity contribution in [3.05, 3.63) is 57.5 Å². The number of hydrogen-bond acceptors (Lipinski definition) is 5. The number of amides is 1. The third kappa shape index (κ3) is 6.01. The van der Waals surface area contributed by atoms with Crippen molar-refractivity contribution < 1.29 is 19.1 Å². The molecule has 28 heavy (non-hydrogen) atoms. The molecule has 150 valence electrons. The molecule has 0 bridgehead atoms. The second kappa shape index (κ2) is 9.98. The van der Waals surface area contributed by atoms with Gasteiger partial charge in [0.15, 0.2) is 0 Å². The highest BCUT2D eigenvalue weighted by atomic mass is 35.5. The molecule has 1 unspecified atom stereocenters. The van der Waals surface area contributed by atoms with E-state index in [1.165, 1.54) is 19.2 Å². The van der Waals surface area contributed by atoms with Crippen molar-refractivity contribution in [2.75, 3.05) is 25.6 Å². The highest BCUT2D eigenvalue weighted by Crippen LogP contribution is 2.33. The van der Waals surface area contributed by atoms with Gasteiger partial charge < -0.3 is 14.8 Å². The Labute approximate surface area is 178 Å². The molecule has 9 heteroatoms. The molecule has 0 radical (unpaired) electrons. The number of hydrogen-bond donors (Lipinski definition) is 2. The molecule has 2 aromatic rings. The Morgan fingerprint density at radius 1 is 1.07 bits per heavy atom. The number of nitrogens with one attached hydrogen (secondary N) is 2. The lowest BCUT2D eigenvalue weighted by Gasteiger charge is -2.27. The Morgan fingerprint density at radius 2 is 1.68 bits per heavy atom. The van der Waals surface area contributed by atoms with E-state index in [1.807, 2.05) is 18.2 Å². The molecule has 0 aliphatic carbocycles. The first-order valence-corrected chi connectivity index (χ1v) is 9.34. The van der Waals surface area contributed by atoms with E-state index in [0.29, 0.717) is 10.8 Å². The van der Waals surface area contributed by atoms with E-state index < -0.39 is 17.4 Å². The zero-order valence-electron chi connectivity index (χ0n) is 15.2. The van der Waals surface area contributed by atoms with Crippen molar-refractivity contribution in [1.82, 2.24) is 5.32 Å². The molecule has 0 aliphatic rings. The minimum atomic E-state index is -1.25. The summed E-state index contributed by atoms with van der Waals surface area (Å²) >= 11 is 18.0. The van der Waals surface area contributed by atoms with Crippen LogP contribution in [0.2, 0.25) is 15.1 Å². The standard InChI is InChI=1S/C19H19Cl3N2O4/c1-19(18(26)27-2,11-28-13-6-4-3-5-7-13)23-10-16(25)24-17-14(21)8-12(20)9-15(17)22/h3-9,23H,10-11H2,1-2H3,(H,24,25). The molecule has 0 aromatic heterocycles. The Kier molecular flexibility index (Phi) is 7.95. The van der Waals surface area contributed by atoms with Crippen LogP contribution >= 0.6 is 34.8 Å². The Balaban J connectivity index is 2.02. The van der Waals surface area contributed by atoms with Crippen LogP contribution in [0.15, 0.2) is 42.5 Å². The normalized spacial score (nSPS) is 12.8. The van der Waals surface area contributed by atoms with Gasteiger partial charge in [-0.1, -0.05) is 53.0 Å². The number of ether oxygens (including phenoxy) is 2. The van der Waals surface area contributed by atoms with Gasteiger partial charge in [0.1, 0.15) is 17.9 Å². The summed E-state index contributed by atoms with van der Waals surface area (Å²) in [6.07, 6.45) is 0. The van der Waals surface area contributed by atoms with Crippen molar-refractivity contribution in [3.63, 3.8) is 0 Å². The number of carbonyl (C=O) groups is 2. The molecule has 2 N–H and O–H groups in total. The van der Waals surface area contributed by atoms with Crippen LogP contribution in [0.25, 0.3) is 0 Å². The van der Waals surface area contributed by atoms with Crippen molar-refractivity contribution in [3.8, 4) is 5.75 Å². The third-order valence-corrected chi connectivity index (χ3v) is 4.63. The van der Waals surface area contributed by atoms with Crippen LogP contribution in [0, 0.1) is 0 Å². The number of esters is 1. The lowest BCUT2D eigenvalue weighted by atomic mass is 10.0. The Hall–Kier alpha value is -1.99. The molecule has 0 aliphatic heterocycles. The molecule has 0 fully saturated rings.